The van der Waals surface area contributed by atoms with Gasteiger partial charge in [-0.25, -0.2) is 8.42 Å². The van der Waals surface area contributed by atoms with Crippen LogP contribution in [0.2, 0.25) is 0 Å². The average molecular weight is 523 g/mol. The van der Waals surface area contributed by atoms with Crippen molar-refractivity contribution < 1.29 is 13.2 Å². The predicted molar refractivity (Wildman–Crippen MR) is 125 cm³/mol. The predicted octanol–water partition coefficient (Wildman–Crippen LogP) is 4.04. The molecule has 2 atom stereocenters. The summed E-state index contributed by atoms with van der Waals surface area (Å²) in [5.41, 5.74) is 2.36. The standard InChI is InChI=1S/C19H24BrN3O3S2.ClH/c1-12-10-15-11-17(20)27-18(15)13(2)23(12)9-8-21-19(24)14-4-6-16(7-5-14)22-28(3,25)26;/h4-7,11-13,22H,8-10H2,1-3H3,(H,21,24);1H/t12-,13+;/m1./s1. The van der Waals surface area contributed by atoms with Crippen molar-refractivity contribution in [3.8, 4) is 0 Å². The molecule has 0 bridgehead atoms. The summed E-state index contributed by atoms with van der Waals surface area (Å²) in [5, 5.41) is 2.96. The molecule has 2 N–H and O–H groups in total. The third-order valence-corrected chi connectivity index (χ3v) is 7.33. The van der Waals surface area contributed by atoms with Crippen LogP contribution < -0.4 is 10.0 Å². The summed E-state index contributed by atoms with van der Waals surface area (Å²) < 4.78 is 26.0. The van der Waals surface area contributed by atoms with Gasteiger partial charge in [0.25, 0.3) is 5.91 Å². The van der Waals surface area contributed by atoms with Crippen molar-refractivity contribution in [3.05, 3.63) is 50.1 Å². The smallest absolute Gasteiger partial charge is 0.251 e. The fraction of sp³-hybridized carbons (Fsp3) is 0.421. The molecule has 1 aliphatic rings. The van der Waals surface area contributed by atoms with Gasteiger partial charge in [-0.1, -0.05) is 0 Å². The second-order valence-corrected chi connectivity index (χ2v) is 11.3. The van der Waals surface area contributed by atoms with Crippen molar-refractivity contribution in [2.24, 2.45) is 0 Å². The van der Waals surface area contributed by atoms with Crippen molar-refractivity contribution in [1.29, 1.82) is 0 Å². The molecule has 0 spiro atoms. The first-order chi connectivity index (χ1) is 13.1. The number of thiophene rings is 1. The molecule has 1 aromatic heterocycles. The fourth-order valence-corrected chi connectivity index (χ4v) is 5.96. The average Bonchev–Trinajstić information content (AvgIpc) is 2.97. The molecule has 0 fully saturated rings. The number of carbonyl (C=O) groups is 1. The first kappa shape index (κ1) is 24.1. The molecule has 3 rings (SSSR count). The van der Waals surface area contributed by atoms with E-state index in [9.17, 15) is 13.2 Å². The van der Waals surface area contributed by atoms with E-state index in [1.807, 2.05) is 0 Å². The monoisotopic (exact) mass is 521 g/mol. The summed E-state index contributed by atoms with van der Waals surface area (Å²) in [7, 11) is -3.33. The number of nitrogens with zero attached hydrogens (tertiary/aromatic N) is 1. The van der Waals surface area contributed by atoms with E-state index in [2.05, 4.69) is 50.8 Å². The van der Waals surface area contributed by atoms with Crippen LogP contribution >= 0.6 is 39.7 Å². The van der Waals surface area contributed by atoms with E-state index in [4.69, 9.17) is 0 Å². The van der Waals surface area contributed by atoms with Crippen LogP contribution in [0.15, 0.2) is 34.1 Å². The van der Waals surface area contributed by atoms with E-state index >= 15 is 0 Å². The van der Waals surface area contributed by atoms with Gasteiger partial charge in [0.2, 0.25) is 10.0 Å². The molecule has 0 unspecified atom stereocenters. The van der Waals surface area contributed by atoms with Crippen LogP contribution in [0.4, 0.5) is 5.69 Å². The molecule has 1 aliphatic heterocycles. The van der Waals surface area contributed by atoms with Gasteiger partial charge in [0.1, 0.15) is 0 Å². The summed E-state index contributed by atoms with van der Waals surface area (Å²) >= 11 is 5.37. The lowest BCUT2D eigenvalue weighted by Crippen LogP contribution is -2.44. The minimum atomic E-state index is -3.33. The highest BCUT2D eigenvalue weighted by atomic mass is 79.9. The van der Waals surface area contributed by atoms with Gasteiger partial charge in [-0.3, -0.25) is 14.4 Å². The van der Waals surface area contributed by atoms with E-state index in [1.54, 1.807) is 35.6 Å². The molecule has 6 nitrogen and oxygen atoms in total. The van der Waals surface area contributed by atoms with Gasteiger partial charge < -0.3 is 5.32 Å². The summed E-state index contributed by atoms with van der Waals surface area (Å²) in [6, 6.07) is 9.36. The first-order valence-electron chi connectivity index (χ1n) is 9.04. The Labute approximate surface area is 190 Å². The van der Waals surface area contributed by atoms with Crippen LogP contribution in [0.25, 0.3) is 0 Å². The third-order valence-electron chi connectivity index (χ3n) is 4.88. The second-order valence-electron chi connectivity index (χ2n) is 7.11. The number of carbonyl (C=O) groups excluding carboxylic acids is 1. The normalized spacial score (nSPS) is 19.2. The van der Waals surface area contributed by atoms with E-state index in [-0.39, 0.29) is 18.3 Å². The SMILES string of the molecule is C[C@@H]1Cc2cc(Br)sc2[C@H](C)N1CCNC(=O)c1ccc(NS(C)(=O)=O)cc1.Cl. The van der Waals surface area contributed by atoms with Crippen LogP contribution in [0.3, 0.4) is 0 Å². The van der Waals surface area contributed by atoms with Gasteiger partial charge in [0.05, 0.1) is 10.0 Å². The molecule has 0 saturated heterocycles. The van der Waals surface area contributed by atoms with Gasteiger partial charge in [0.15, 0.2) is 0 Å². The van der Waals surface area contributed by atoms with Gasteiger partial charge in [-0.15, -0.1) is 23.7 Å². The van der Waals surface area contributed by atoms with E-state index in [0.29, 0.717) is 29.9 Å². The molecule has 160 valence electrons. The van der Waals surface area contributed by atoms with Crippen LogP contribution in [0.1, 0.15) is 40.7 Å². The number of hydrogen-bond donors (Lipinski definition) is 2. The maximum Gasteiger partial charge on any atom is 0.251 e. The molecule has 0 saturated carbocycles. The van der Waals surface area contributed by atoms with E-state index in [1.165, 1.54) is 14.2 Å². The van der Waals surface area contributed by atoms with Crippen molar-refractivity contribution in [2.45, 2.75) is 32.4 Å². The summed E-state index contributed by atoms with van der Waals surface area (Å²) in [6.07, 6.45) is 2.11. The summed E-state index contributed by atoms with van der Waals surface area (Å²) in [6.45, 7) is 5.77. The molecule has 10 heteroatoms. The van der Waals surface area contributed by atoms with Gasteiger partial charge in [-0.2, -0.15) is 0 Å². The number of sulfonamides is 1. The molecule has 0 radical (unpaired) electrons. The topological polar surface area (TPSA) is 78.5 Å². The van der Waals surface area contributed by atoms with E-state index < -0.39 is 10.0 Å². The van der Waals surface area contributed by atoms with Crippen LogP contribution in [0.5, 0.6) is 0 Å². The second kappa shape index (κ2) is 9.78. The van der Waals surface area contributed by atoms with E-state index in [0.717, 1.165) is 19.2 Å². The molecule has 29 heavy (non-hydrogen) atoms. The Bertz CT molecular complexity index is 964. The lowest BCUT2D eigenvalue weighted by molar-refractivity contribution is 0.0930. The summed E-state index contributed by atoms with van der Waals surface area (Å²) in [5.74, 6) is -0.164. The maximum absolute atomic E-state index is 12.4. The third kappa shape index (κ3) is 6.18. The Balaban J connectivity index is 0.00000300. The van der Waals surface area contributed by atoms with Crippen molar-refractivity contribution in [2.75, 3.05) is 24.1 Å². The molecular weight excluding hydrogens is 498 g/mol. The van der Waals surface area contributed by atoms with Crippen LogP contribution in [0, 0.1) is 0 Å². The highest BCUT2D eigenvalue weighted by Crippen LogP contribution is 2.39. The lowest BCUT2D eigenvalue weighted by Gasteiger charge is -2.38. The molecule has 1 aromatic carbocycles. The highest BCUT2D eigenvalue weighted by Gasteiger charge is 2.30. The Morgan fingerprint density at radius 1 is 1.28 bits per heavy atom. The zero-order valence-electron chi connectivity index (χ0n) is 16.4. The number of benzene rings is 1. The fourth-order valence-electron chi connectivity index (χ4n) is 3.61. The zero-order chi connectivity index (χ0) is 20.5. The number of halogens is 2. The number of fused-ring (bicyclic) bond motifs is 1. The number of anilines is 1. The minimum Gasteiger partial charge on any atom is -0.351 e. The number of nitrogens with one attached hydrogen (secondary N) is 2. The van der Waals surface area contributed by atoms with Gasteiger partial charge in [0, 0.05) is 41.3 Å². The van der Waals surface area contributed by atoms with Gasteiger partial charge in [-0.05, 0) is 72.1 Å². The molecule has 2 aromatic rings. The largest absolute Gasteiger partial charge is 0.351 e. The Morgan fingerprint density at radius 2 is 1.93 bits per heavy atom. The summed E-state index contributed by atoms with van der Waals surface area (Å²) in [4.78, 5) is 16.2. The number of amides is 1. The molecule has 1 amide bonds. The Hall–Kier alpha value is -1.13. The van der Waals surface area contributed by atoms with Gasteiger partial charge >= 0.3 is 0 Å². The Kier molecular flexibility index (Phi) is 8.15. The number of rotatable bonds is 6. The maximum atomic E-state index is 12.4. The molecular formula is C19H25BrClN3O3S2. The highest BCUT2D eigenvalue weighted by molar-refractivity contribution is 9.11. The minimum absolute atomic E-state index is 0. The van der Waals surface area contributed by atoms with Crippen molar-refractivity contribution in [3.63, 3.8) is 0 Å². The van der Waals surface area contributed by atoms with Crippen LogP contribution in [-0.4, -0.2) is 44.6 Å². The lowest BCUT2D eigenvalue weighted by atomic mass is 9.97. The number of hydrogen-bond acceptors (Lipinski definition) is 5. The van der Waals surface area contributed by atoms with Crippen molar-refractivity contribution in [1.82, 2.24) is 10.2 Å². The quantitative estimate of drug-likeness (QED) is 0.600. The van der Waals surface area contributed by atoms with Crippen LogP contribution in [-0.2, 0) is 16.4 Å². The Morgan fingerprint density at radius 3 is 2.55 bits per heavy atom. The van der Waals surface area contributed by atoms with Crippen molar-refractivity contribution >= 4 is 61.3 Å². The molecule has 0 aliphatic carbocycles. The molecule has 2 heterocycles. The first-order valence-corrected chi connectivity index (χ1v) is 12.5. The zero-order valence-corrected chi connectivity index (χ0v) is 20.5.